The SMILES string of the molecule is Cc1cc(C)c2nc(-c3cc(Br)ccc3O)[nH]c2c1. The first-order valence-corrected chi connectivity index (χ1v) is 6.80. The van der Waals surface area contributed by atoms with Crippen LogP contribution in [-0.2, 0) is 0 Å². The van der Waals surface area contributed by atoms with Crippen LogP contribution in [0.25, 0.3) is 22.4 Å². The first-order chi connectivity index (χ1) is 9.04. The number of nitrogens with zero attached hydrogens (tertiary/aromatic N) is 1. The van der Waals surface area contributed by atoms with Gasteiger partial charge in [-0.1, -0.05) is 22.0 Å². The first kappa shape index (κ1) is 12.2. The van der Waals surface area contributed by atoms with E-state index in [1.807, 2.05) is 13.0 Å². The topological polar surface area (TPSA) is 48.9 Å². The van der Waals surface area contributed by atoms with E-state index in [0.29, 0.717) is 11.4 Å². The molecule has 19 heavy (non-hydrogen) atoms. The molecule has 3 rings (SSSR count). The molecule has 2 aromatic carbocycles. The highest BCUT2D eigenvalue weighted by atomic mass is 79.9. The monoisotopic (exact) mass is 316 g/mol. The number of aryl methyl sites for hydroxylation is 2. The molecule has 0 unspecified atom stereocenters. The van der Waals surface area contributed by atoms with Gasteiger partial charge in [-0.15, -0.1) is 0 Å². The smallest absolute Gasteiger partial charge is 0.142 e. The third-order valence-corrected chi connectivity index (χ3v) is 3.63. The van der Waals surface area contributed by atoms with E-state index in [1.54, 1.807) is 12.1 Å². The van der Waals surface area contributed by atoms with E-state index in [1.165, 1.54) is 5.56 Å². The van der Waals surface area contributed by atoms with E-state index in [2.05, 4.69) is 45.0 Å². The summed E-state index contributed by atoms with van der Waals surface area (Å²) in [5.41, 5.74) is 4.96. The number of benzene rings is 2. The number of aromatic hydroxyl groups is 1. The van der Waals surface area contributed by atoms with Crippen LogP contribution in [0.5, 0.6) is 5.75 Å². The molecule has 2 N–H and O–H groups in total. The highest BCUT2D eigenvalue weighted by molar-refractivity contribution is 9.10. The molecule has 0 atom stereocenters. The second-order valence-electron chi connectivity index (χ2n) is 4.72. The molecule has 96 valence electrons. The molecular formula is C15H13BrN2O. The molecule has 1 heterocycles. The lowest BCUT2D eigenvalue weighted by Gasteiger charge is -2.01. The molecule has 3 nitrogen and oxygen atoms in total. The van der Waals surface area contributed by atoms with Gasteiger partial charge < -0.3 is 10.1 Å². The highest BCUT2D eigenvalue weighted by Gasteiger charge is 2.11. The van der Waals surface area contributed by atoms with Crippen molar-refractivity contribution >= 4 is 27.0 Å². The Labute approximate surface area is 119 Å². The van der Waals surface area contributed by atoms with E-state index >= 15 is 0 Å². The predicted octanol–water partition coefficient (Wildman–Crippen LogP) is 4.31. The van der Waals surface area contributed by atoms with Crippen molar-refractivity contribution in [3.8, 4) is 17.1 Å². The molecule has 0 spiro atoms. The van der Waals surface area contributed by atoms with Gasteiger partial charge in [-0.2, -0.15) is 0 Å². The Morgan fingerprint density at radius 2 is 1.95 bits per heavy atom. The normalized spacial score (nSPS) is 11.1. The number of hydrogen-bond donors (Lipinski definition) is 2. The molecule has 1 aromatic heterocycles. The number of aromatic amines is 1. The number of phenolic OH excluding ortho intramolecular Hbond substituents is 1. The fraction of sp³-hybridized carbons (Fsp3) is 0.133. The van der Waals surface area contributed by atoms with Crippen molar-refractivity contribution < 1.29 is 5.11 Å². The Balaban J connectivity index is 2.26. The highest BCUT2D eigenvalue weighted by Crippen LogP contribution is 2.32. The van der Waals surface area contributed by atoms with Crippen molar-refractivity contribution in [2.45, 2.75) is 13.8 Å². The standard InChI is InChI=1S/C15H13BrN2O/c1-8-5-9(2)14-12(6-8)17-15(18-14)11-7-10(16)3-4-13(11)19/h3-7,19H,1-2H3,(H,17,18). The third-order valence-electron chi connectivity index (χ3n) is 3.14. The van der Waals surface area contributed by atoms with E-state index in [4.69, 9.17) is 0 Å². The number of halogens is 1. The molecule has 0 amide bonds. The lowest BCUT2D eigenvalue weighted by atomic mass is 10.1. The summed E-state index contributed by atoms with van der Waals surface area (Å²) in [7, 11) is 0. The van der Waals surface area contributed by atoms with Gasteiger partial charge in [0, 0.05) is 4.47 Å². The minimum atomic E-state index is 0.219. The van der Waals surface area contributed by atoms with Crippen LogP contribution in [0.15, 0.2) is 34.8 Å². The van der Waals surface area contributed by atoms with Crippen LogP contribution in [0.1, 0.15) is 11.1 Å². The Morgan fingerprint density at radius 3 is 2.74 bits per heavy atom. The second kappa shape index (κ2) is 4.38. The number of imidazole rings is 1. The Bertz CT molecular complexity index is 777. The molecule has 0 aliphatic rings. The molecule has 0 radical (unpaired) electrons. The minimum Gasteiger partial charge on any atom is -0.507 e. The molecule has 0 bridgehead atoms. The Morgan fingerprint density at radius 1 is 1.16 bits per heavy atom. The van der Waals surface area contributed by atoms with Crippen LogP contribution in [-0.4, -0.2) is 15.1 Å². The van der Waals surface area contributed by atoms with Crippen LogP contribution in [0.4, 0.5) is 0 Å². The van der Waals surface area contributed by atoms with Crippen LogP contribution in [0.2, 0.25) is 0 Å². The maximum Gasteiger partial charge on any atom is 0.142 e. The minimum absolute atomic E-state index is 0.219. The predicted molar refractivity (Wildman–Crippen MR) is 80.4 cm³/mol. The van der Waals surface area contributed by atoms with E-state index in [-0.39, 0.29) is 5.75 Å². The van der Waals surface area contributed by atoms with E-state index in [0.717, 1.165) is 21.1 Å². The lowest BCUT2D eigenvalue weighted by Crippen LogP contribution is -1.82. The number of hydrogen-bond acceptors (Lipinski definition) is 2. The summed E-state index contributed by atoms with van der Waals surface area (Å²) in [5.74, 6) is 0.902. The second-order valence-corrected chi connectivity index (χ2v) is 5.64. The summed E-state index contributed by atoms with van der Waals surface area (Å²) in [4.78, 5) is 7.86. The van der Waals surface area contributed by atoms with E-state index in [9.17, 15) is 5.11 Å². The summed E-state index contributed by atoms with van der Waals surface area (Å²) in [5, 5.41) is 9.96. The van der Waals surface area contributed by atoms with Crippen LogP contribution >= 0.6 is 15.9 Å². The molecule has 0 aliphatic heterocycles. The van der Waals surface area contributed by atoms with Gasteiger partial charge in [0.05, 0.1) is 16.6 Å². The van der Waals surface area contributed by atoms with Crippen LogP contribution in [0, 0.1) is 13.8 Å². The third kappa shape index (κ3) is 2.12. The van der Waals surface area contributed by atoms with Gasteiger partial charge in [-0.05, 0) is 49.2 Å². The molecule has 0 saturated carbocycles. The molecular weight excluding hydrogens is 304 g/mol. The van der Waals surface area contributed by atoms with Crippen molar-refractivity contribution in [3.63, 3.8) is 0 Å². The molecule has 0 saturated heterocycles. The maximum atomic E-state index is 9.96. The van der Waals surface area contributed by atoms with Crippen molar-refractivity contribution in [2.75, 3.05) is 0 Å². The zero-order valence-corrected chi connectivity index (χ0v) is 12.2. The van der Waals surface area contributed by atoms with Gasteiger partial charge >= 0.3 is 0 Å². The van der Waals surface area contributed by atoms with Gasteiger partial charge in [0.15, 0.2) is 0 Å². The first-order valence-electron chi connectivity index (χ1n) is 6.00. The van der Waals surface area contributed by atoms with Crippen LogP contribution < -0.4 is 0 Å². The summed E-state index contributed by atoms with van der Waals surface area (Å²) < 4.78 is 0.911. The fourth-order valence-corrected chi connectivity index (χ4v) is 2.66. The number of H-pyrrole nitrogens is 1. The molecule has 0 aliphatic carbocycles. The number of phenols is 1. The fourth-order valence-electron chi connectivity index (χ4n) is 2.30. The summed E-state index contributed by atoms with van der Waals surface area (Å²) in [6, 6.07) is 9.48. The zero-order chi connectivity index (χ0) is 13.6. The summed E-state index contributed by atoms with van der Waals surface area (Å²) >= 11 is 3.41. The average Bonchev–Trinajstić information content (AvgIpc) is 2.76. The lowest BCUT2D eigenvalue weighted by molar-refractivity contribution is 0.477. The van der Waals surface area contributed by atoms with E-state index < -0.39 is 0 Å². The quantitative estimate of drug-likeness (QED) is 0.702. The van der Waals surface area contributed by atoms with Gasteiger partial charge in [-0.3, -0.25) is 0 Å². The number of nitrogens with one attached hydrogen (secondary N) is 1. The Hall–Kier alpha value is -1.81. The molecule has 4 heteroatoms. The van der Waals surface area contributed by atoms with Crippen molar-refractivity contribution in [2.24, 2.45) is 0 Å². The van der Waals surface area contributed by atoms with Gasteiger partial charge in [0.2, 0.25) is 0 Å². The average molecular weight is 317 g/mol. The van der Waals surface area contributed by atoms with Gasteiger partial charge in [0.25, 0.3) is 0 Å². The largest absolute Gasteiger partial charge is 0.507 e. The number of fused-ring (bicyclic) bond motifs is 1. The maximum absolute atomic E-state index is 9.96. The van der Waals surface area contributed by atoms with Crippen LogP contribution in [0.3, 0.4) is 0 Å². The number of rotatable bonds is 1. The van der Waals surface area contributed by atoms with Gasteiger partial charge in [-0.25, -0.2) is 4.98 Å². The molecule has 3 aromatic rings. The van der Waals surface area contributed by atoms with Crippen molar-refractivity contribution in [1.82, 2.24) is 9.97 Å². The van der Waals surface area contributed by atoms with Crippen molar-refractivity contribution in [3.05, 3.63) is 45.9 Å². The Kier molecular flexibility index (Phi) is 2.82. The summed E-state index contributed by atoms with van der Waals surface area (Å²) in [6.07, 6.45) is 0. The van der Waals surface area contributed by atoms with Crippen molar-refractivity contribution in [1.29, 1.82) is 0 Å². The zero-order valence-electron chi connectivity index (χ0n) is 10.7. The molecule has 0 fully saturated rings. The van der Waals surface area contributed by atoms with Gasteiger partial charge in [0.1, 0.15) is 11.6 Å². The number of aromatic nitrogens is 2. The summed E-state index contributed by atoms with van der Waals surface area (Å²) in [6.45, 7) is 4.10.